The molecule has 5 nitrogen and oxygen atoms in total. The number of nitrogens with zero attached hydrogens (tertiary/aromatic N) is 3. The van der Waals surface area contributed by atoms with E-state index in [0.717, 1.165) is 44.1 Å². The predicted molar refractivity (Wildman–Crippen MR) is 111 cm³/mol. The van der Waals surface area contributed by atoms with E-state index in [2.05, 4.69) is 11.9 Å². The average Bonchev–Trinajstić information content (AvgIpc) is 3.15. The second kappa shape index (κ2) is 8.51. The number of hydrogen-bond donors (Lipinski definition) is 1. The summed E-state index contributed by atoms with van der Waals surface area (Å²) in [7, 11) is 0. The number of halogens is 2. The van der Waals surface area contributed by atoms with E-state index in [-0.39, 0.29) is 18.1 Å². The third-order valence-corrected chi connectivity index (χ3v) is 6.06. The van der Waals surface area contributed by atoms with Crippen LogP contribution in [-0.4, -0.2) is 52.9 Å². The monoisotopic (exact) mass is 415 g/mol. The van der Waals surface area contributed by atoms with Crippen molar-refractivity contribution in [3.63, 3.8) is 0 Å². The van der Waals surface area contributed by atoms with E-state index in [1.165, 1.54) is 11.0 Å². The summed E-state index contributed by atoms with van der Waals surface area (Å²) in [6, 6.07) is 10.2. The molecule has 1 aliphatic rings. The molecular formula is C22H25ClFN4O+. The highest BCUT2D eigenvalue weighted by Crippen LogP contribution is 2.31. The van der Waals surface area contributed by atoms with Crippen molar-refractivity contribution >= 4 is 23.2 Å². The summed E-state index contributed by atoms with van der Waals surface area (Å²) in [5, 5.41) is 0.564. The zero-order chi connectivity index (χ0) is 20.4. The van der Waals surface area contributed by atoms with Crippen molar-refractivity contribution < 1.29 is 14.1 Å². The van der Waals surface area contributed by atoms with Crippen molar-refractivity contribution in [2.75, 3.05) is 32.7 Å². The summed E-state index contributed by atoms with van der Waals surface area (Å²) in [4.78, 5) is 21.0. The van der Waals surface area contributed by atoms with Crippen LogP contribution in [0.4, 0.5) is 4.39 Å². The van der Waals surface area contributed by atoms with Gasteiger partial charge in [-0.2, -0.15) is 0 Å². The molecule has 0 bridgehead atoms. The molecule has 1 N–H and O–H groups in total. The first-order valence-electron chi connectivity index (χ1n) is 10.0. The number of benzene rings is 1. The molecule has 0 saturated carbocycles. The molecule has 3 aromatic rings. The molecule has 0 unspecified atom stereocenters. The van der Waals surface area contributed by atoms with Gasteiger partial charge >= 0.3 is 0 Å². The van der Waals surface area contributed by atoms with E-state index < -0.39 is 5.92 Å². The number of nitrogens with one attached hydrogen (secondary N) is 1. The van der Waals surface area contributed by atoms with Crippen molar-refractivity contribution in [3.05, 3.63) is 70.9 Å². The average molecular weight is 416 g/mol. The minimum absolute atomic E-state index is 0.0467. The number of likely N-dealkylation sites (N-methyl/N-ethyl adjacent to an activating group) is 1. The summed E-state index contributed by atoms with van der Waals surface area (Å²) >= 11 is 6.18. The number of pyridine rings is 1. The fourth-order valence-corrected chi connectivity index (χ4v) is 4.25. The Balaban J connectivity index is 1.67. The number of aromatic nitrogens is 2. The standard InChI is InChI=1S/C22H24ClFN4O/c1-2-26-9-11-27(12-10-26)22(29)13-18(17-5-3-4-6-19(17)24)20-14-25-21-8-7-16(23)15-28(20)21/h3-8,14-15,18H,2,9-13H2,1H3/p+1/t18-/m0/s1. The molecule has 1 saturated heterocycles. The van der Waals surface area contributed by atoms with Crippen molar-refractivity contribution in [1.29, 1.82) is 0 Å². The molecule has 0 radical (unpaired) electrons. The molecule has 0 spiro atoms. The van der Waals surface area contributed by atoms with E-state index in [0.29, 0.717) is 10.6 Å². The molecule has 3 heterocycles. The van der Waals surface area contributed by atoms with Crippen LogP contribution in [0.25, 0.3) is 5.65 Å². The first kappa shape index (κ1) is 19.9. The molecule has 1 aliphatic heterocycles. The molecule has 4 rings (SSSR count). The number of fused-ring (bicyclic) bond motifs is 1. The van der Waals surface area contributed by atoms with Crippen LogP contribution in [0.5, 0.6) is 0 Å². The topological polar surface area (TPSA) is 42.0 Å². The molecule has 1 amide bonds. The number of rotatable bonds is 5. The summed E-state index contributed by atoms with van der Waals surface area (Å²) in [6.45, 7) is 6.63. The molecule has 0 aliphatic carbocycles. The Morgan fingerprint density at radius 1 is 1.24 bits per heavy atom. The van der Waals surface area contributed by atoms with Crippen LogP contribution in [0.3, 0.4) is 0 Å². The van der Waals surface area contributed by atoms with Crippen LogP contribution in [0, 0.1) is 5.82 Å². The van der Waals surface area contributed by atoms with Gasteiger partial charge in [0.05, 0.1) is 43.4 Å². The molecule has 1 aromatic carbocycles. The molecule has 7 heteroatoms. The van der Waals surface area contributed by atoms with Gasteiger partial charge in [0.15, 0.2) is 0 Å². The van der Waals surface area contributed by atoms with Crippen LogP contribution in [-0.2, 0) is 4.79 Å². The predicted octanol–water partition coefficient (Wildman–Crippen LogP) is 2.40. The van der Waals surface area contributed by atoms with E-state index in [1.54, 1.807) is 36.7 Å². The number of carbonyl (C=O) groups excluding carboxylic acids is 1. The third-order valence-electron chi connectivity index (χ3n) is 5.84. The summed E-state index contributed by atoms with van der Waals surface area (Å²) < 4.78 is 16.6. The summed E-state index contributed by atoms with van der Waals surface area (Å²) in [5.74, 6) is -0.707. The lowest BCUT2D eigenvalue weighted by molar-refractivity contribution is -0.902. The van der Waals surface area contributed by atoms with Gasteiger partial charge in [-0.1, -0.05) is 29.8 Å². The largest absolute Gasteiger partial charge is 0.332 e. The maximum Gasteiger partial charge on any atom is 0.223 e. The molecule has 1 atom stereocenters. The zero-order valence-electron chi connectivity index (χ0n) is 16.4. The minimum Gasteiger partial charge on any atom is -0.332 e. The van der Waals surface area contributed by atoms with Gasteiger partial charge in [-0.3, -0.25) is 4.79 Å². The van der Waals surface area contributed by atoms with Gasteiger partial charge in [-0.25, -0.2) is 9.37 Å². The van der Waals surface area contributed by atoms with E-state index in [9.17, 15) is 9.18 Å². The maximum absolute atomic E-state index is 14.7. The first-order chi connectivity index (χ1) is 14.1. The van der Waals surface area contributed by atoms with Gasteiger partial charge < -0.3 is 14.2 Å². The minimum atomic E-state index is -0.436. The van der Waals surface area contributed by atoms with Gasteiger partial charge in [0.2, 0.25) is 5.91 Å². The Morgan fingerprint density at radius 3 is 2.72 bits per heavy atom. The van der Waals surface area contributed by atoms with Gasteiger partial charge in [-0.05, 0) is 30.7 Å². The lowest BCUT2D eigenvalue weighted by Gasteiger charge is -2.32. The van der Waals surface area contributed by atoms with Gasteiger partial charge in [0, 0.05) is 24.7 Å². The molecule has 152 valence electrons. The zero-order valence-corrected chi connectivity index (χ0v) is 17.2. The van der Waals surface area contributed by atoms with Crippen molar-refractivity contribution in [2.24, 2.45) is 0 Å². The molecular weight excluding hydrogens is 391 g/mol. The summed E-state index contributed by atoms with van der Waals surface area (Å²) in [6.07, 6.45) is 3.68. The van der Waals surface area contributed by atoms with E-state index in [1.807, 2.05) is 15.4 Å². The number of piperazine rings is 1. The van der Waals surface area contributed by atoms with Crippen LogP contribution in [0.15, 0.2) is 48.8 Å². The number of hydrogen-bond acceptors (Lipinski definition) is 2. The Morgan fingerprint density at radius 2 is 2.00 bits per heavy atom. The Kier molecular flexibility index (Phi) is 5.83. The Hall–Kier alpha value is -2.44. The van der Waals surface area contributed by atoms with Gasteiger partial charge in [0.1, 0.15) is 11.5 Å². The second-order valence-corrected chi connectivity index (χ2v) is 7.96. The van der Waals surface area contributed by atoms with E-state index in [4.69, 9.17) is 11.6 Å². The third kappa shape index (κ3) is 4.14. The quantitative estimate of drug-likeness (QED) is 0.695. The lowest BCUT2D eigenvalue weighted by atomic mass is 9.91. The van der Waals surface area contributed by atoms with Gasteiger partial charge in [-0.15, -0.1) is 0 Å². The van der Waals surface area contributed by atoms with Crippen LogP contribution in [0.2, 0.25) is 5.02 Å². The Labute approximate surface area is 174 Å². The fourth-order valence-electron chi connectivity index (χ4n) is 4.09. The first-order valence-corrected chi connectivity index (χ1v) is 10.4. The highest BCUT2D eigenvalue weighted by Gasteiger charge is 2.29. The number of amides is 1. The van der Waals surface area contributed by atoms with Crippen LogP contribution < -0.4 is 4.90 Å². The van der Waals surface area contributed by atoms with Crippen molar-refractivity contribution in [3.8, 4) is 0 Å². The van der Waals surface area contributed by atoms with Crippen LogP contribution >= 0.6 is 11.6 Å². The fraction of sp³-hybridized carbons (Fsp3) is 0.364. The molecule has 29 heavy (non-hydrogen) atoms. The molecule has 1 fully saturated rings. The summed E-state index contributed by atoms with van der Waals surface area (Å²) in [5.41, 5.74) is 1.98. The number of carbonyl (C=O) groups is 1. The molecule has 2 aromatic heterocycles. The van der Waals surface area contributed by atoms with E-state index >= 15 is 0 Å². The number of quaternary nitrogens is 1. The van der Waals surface area contributed by atoms with Crippen molar-refractivity contribution in [2.45, 2.75) is 19.3 Å². The normalized spacial score (nSPS) is 16.3. The highest BCUT2D eigenvalue weighted by molar-refractivity contribution is 6.30. The highest BCUT2D eigenvalue weighted by atomic mass is 35.5. The second-order valence-electron chi connectivity index (χ2n) is 7.52. The maximum atomic E-state index is 14.7. The SMILES string of the molecule is CC[NH+]1CCN(C(=O)C[C@@H](c2ccccc2F)c2cnc3ccc(Cl)cn23)CC1. The lowest BCUT2D eigenvalue weighted by Crippen LogP contribution is -3.14. The van der Waals surface area contributed by atoms with Crippen LogP contribution in [0.1, 0.15) is 30.5 Å². The van der Waals surface area contributed by atoms with Crippen molar-refractivity contribution in [1.82, 2.24) is 14.3 Å². The smallest absolute Gasteiger partial charge is 0.223 e. The number of imidazole rings is 1. The Bertz CT molecular complexity index is 1010. The van der Waals surface area contributed by atoms with Gasteiger partial charge in [0.25, 0.3) is 0 Å².